The van der Waals surface area contributed by atoms with Crippen molar-refractivity contribution < 1.29 is 9.53 Å². The van der Waals surface area contributed by atoms with Crippen molar-refractivity contribution in [2.45, 2.75) is 11.5 Å². The van der Waals surface area contributed by atoms with E-state index < -0.39 is 11.5 Å². The van der Waals surface area contributed by atoms with Crippen LogP contribution in [0.15, 0.2) is 65.0 Å². The van der Waals surface area contributed by atoms with Gasteiger partial charge in [-0.15, -0.1) is 0 Å². The molecule has 0 bridgehead atoms. The van der Waals surface area contributed by atoms with Crippen molar-refractivity contribution in [1.82, 2.24) is 4.90 Å². The summed E-state index contributed by atoms with van der Waals surface area (Å²) in [5.74, 6) is 0.617. The molecule has 0 radical (unpaired) electrons. The van der Waals surface area contributed by atoms with Gasteiger partial charge in [0.1, 0.15) is 11.8 Å². The van der Waals surface area contributed by atoms with Crippen molar-refractivity contribution in [3.05, 3.63) is 71.1 Å². The summed E-state index contributed by atoms with van der Waals surface area (Å²) in [6, 6.07) is 16.7. The van der Waals surface area contributed by atoms with Crippen molar-refractivity contribution in [1.29, 1.82) is 0 Å². The first-order chi connectivity index (χ1) is 12.2. The Balaban J connectivity index is 1.68. The fraction of sp³-hybridized carbons (Fsp3) is 0.158. The van der Waals surface area contributed by atoms with Crippen molar-refractivity contribution >= 4 is 40.0 Å². The first-order valence-corrected chi connectivity index (χ1v) is 9.11. The molecule has 0 saturated heterocycles. The van der Waals surface area contributed by atoms with Crippen LogP contribution in [0.5, 0.6) is 5.75 Å². The van der Waals surface area contributed by atoms with Gasteiger partial charge in [0.15, 0.2) is 16.5 Å². The summed E-state index contributed by atoms with van der Waals surface area (Å²) in [4.78, 5) is 19.3. The van der Waals surface area contributed by atoms with Gasteiger partial charge in [0.05, 0.1) is 12.8 Å². The van der Waals surface area contributed by atoms with E-state index in [-0.39, 0.29) is 5.78 Å². The number of fused-ring (bicyclic) bond motifs is 1. The second kappa shape index (κ2) is 6.58. The van der Waals surface area contributed by atoms with Gasteiger partial charge in [0.25, 0.3) is 0 Å². The molecular formula is C19H15ClN2O2S. The van der Waals surface area contributed by atoms with Crippen molar-refractivity contribution in [3.8, 4) is 5.75 Å². The Morgan fingerprint density at radius 2 is 1.84 bits per heavy atom. The van der Waals surface area contributed by atoms with E-state index in [2.05, 4.69) is 4.99 Å². The van der Waals surface area contributed by atoms with Crippen LogP contribution < -0.4 is 4.74 Å². The Morgan fingerprint density at radius 1 is 1.12 bits per heavy atom. The monoisotopic (exact) mass is 370 g/mol. The zero-order chi connectivity index (χ0) is 17.4. The number of methoxy groups -OCH3 is 1. The zero-order valence-electron chi connectivity index (χ0n) is 13.4. The molecule has 0 amide bonds. The predicted octanol–water partition coefficient (Wildman–Crippen LogP) is 4.29. The van der Waals surface area contributed by atoms with Crippen molar-refractivity contribution in [3.63, 3.8) is 0 Å². The fourth-order valence-electron chi connectivity index (χ4n) is 2.91. The minimum Gasteiger partial charge on any atom is -0.497 e. The third-order valence-corrected chi connectivity index (χ3v) is 5.48. The molecule has 2 aliphatic heterocycles. The Kier molecular flexibility index (Phi) is 4.27. The lowest BCUT2D eigenvalue weighted by Crippen LogP contribution is -2.43. The highest BCUT2D eigenvalue weighted by Crippen LogP contribution is 2.42. The predicted molar refractivity (Wildman–Crippen MR) is 102 cm³/mol. The number of thioether (sulfide) groups is 1. The average Bonchev–Trinajstić information content (AvgIpc) is 3.09. The number of aliphatic imine (C=N–C) groups is 1. The molecule has 4 rings (SSSR count). The number of ketones is 1. The molecule has 0 aromatic heterocycles. The quantitative estimate of drug-likeness (QED) is 0.597. The number of halogens is 1. The maximum atomic E-state index is 12.9. The average molecular weight is 371 g/mol. The lowest BCUT2D eigenvalue weighted by atomic mass is 10.0. The Hall–Kier alpha value is -2.24. The Morgan fingerprint density at radius 3 is 2.52 bits per heavy atom. The van der Waals surface area contributed by atoms with Gasteiger partial charge in [-0.05, 0) is 23.3 Å². The van der Waals surface area contributed by atoms with Crippen LogP contribution in [0.3, 0.4) is 0 Å². The smallest absolute Gasteiger partial charge is 0.199 e. The number of amidine groups is 1. The van der Waals surface area contributed by atoms with Gasteiger partial charge in [0.2, 0.25) is 0 Å². The van der Waals surface area contributed by atoms with E-state index in [1.807, 2.05) is 64.9 Å². The number of nitrogens with zero attached hydrogens (tertiary/aromatic N) is 2. The highest BCUT2D eigenvalue weighted by molar-refractivity contribution is 8.16. The molecule has 4 nitrogen and oxygen atoms in total. The molecule has 25 heavy (non-hydrogen) atoms. The SMILES string of the molecule is COc1ccc(C2N=C3SC=C(c4ccccc4)N3C(Cl)C2=O)cc1. The molecular weight excluding hydrogens is 356 g/mol. The van der Waals surface area contributed by atoms with Crippen LogP contribution in [-0.2, 0) is 4.79 Å². The second-order valence-electron chi connectivity index (χ2n) is 5.68. The Labute approximate surface area is 155 Å². The summed E-state index contributed by atoms with van der Waals surface area (Å²) in [6.45, 7) is 0. The molecule has 0 aliphatic carbocycles. The topological polar surface area (TPSA) is 41.9 Å². The molecule has 0 spiro atoms. The molecule has 2 aliphatic rings. The fourth-order valence-corrected chi connectivity index (χ4v) is 4.23. The molecule has 0 fully saturated rings. The molecule has 6 heteroatoms. The van der Waals surface area contributed by atoms with Crippen LogP contribution in [0.1, 0.15) is 17.2 Å². The van der Waals surface area contributed by atoms with E-state index in [4.69, 9.17) is 16.3 Å². The van der Waals surface area contributed by atoms with E-state index in [1.165, 1.54) is 11.8 Å². The minimum atomic E-state index is -0.777. The highest BCUT2D eigenvalue weighted by atomic mass is 35.5. The number of carbonyl (C=O) groups is 1. The van der Waals surface area contributed by atoms with Crippen LogP contribution in [0.2, 0.25) is 0 Å². The van der Waals surface area contributed by atoms with Gasteiger partial charge in [0, 0.05) is 5.41 Å². The lowest BCUT2D eigenvalue weighted by Gasteiger charge is -2.33. The van der Waals surface area contributed by atoms with Crippen LogP contribution in [-0.4, -0.2) is 28.5 Å². The third-order valence-electron chi connectivity index (χ3n) is 4.21. The van der Waals surface area contributed by atoms with Crippen LogP contribution in [0.25, 0.3) is 5.70 Å². The highest BCUT2D eigenvalue weighted by Gasteiger charge is 2.42. The van der Waals surface area contributed by atoms with E-state index in [9.17, 15) is 4.79 Å². The number of benzene rings is 2. The molecule has 0 N–H and O–H groups in total. The second-order valence-corrected chi connectivity index (χ2v) is 6.93. The van der Waals surface area contributed by atoms with Crippen LogP contribution in [0, 0.1) is 0 Å². The number of hydrogen-bond acceptors (Lipinski definition) is 5. The van der Waals surface area contributed by atoms with Gasteiger partial charge in [-0.1, -0.05) is 65.8 Å². The largest absolute Gasteiger partial charge is 0.497 e. The van der Waals surface area contributed by atoms with Crippen molar-refractivity contribution in [2.75, 3.05) is 7.11 Å². The molecule has 0 saturated carbocycles. The van der Waals surface area contributed by atoms with Gasteiger partial charge in [-0.25, -0.2) is 4.99 Å². The number of hydrogen-bond donors (Lipinski definition) is 0. The molecule has 2 aromatic rings. The van der Waals surface area contributed by atoms with Gasteiger partial charge in [-0.3, -0.25) is 9.69 Å². The molecule has 126 valence electrons. The number of ether oxygens (including phenoxy) is 1. The molecule has 2 atom stereocenters. The van der Waals surface area contributed by atoms with Gasteiger partial charge in [-0.2, -0.15) is 0 Å². The van der Waals surface area contributed by atoms with Gasteiger partial charge < -0.3 is 4.74 Å². The molecule has 2 heterocycles. The molecule has 2 unspecified atom stereocenters. The number of alkyl halides is 1. The van der Waals surface area contributed by atoms with Crippen LogP contribution in [0.4, 0.5) is 0 Å². The first-order valence-electron chi connectivity index (χ1n) is 7.80. The summed E-state index contributed by atoms with van der Waals surface area (Å²) in [7, 11) is 1.61. The number of rotatable bonds is 3. The maximum absolute atomic E-state index is 12.9. The first kappa shape index (κ1) is 16.2. The van der Waals surface area contributed by atoms with Gasteiger partial charge >= 0.3 is 0 Å². The standard InChI is InChI=1S/C19H15ClN2O2S/c1-24-14-9-7-13(8-10-14)16-17(23)18(20)22-15(11-25-19(22)21-16)12-5-3-2-4-6-12/h2-11,16,18H,1H3. The third kappa shape index (κ3) is 2.83. The summed E-state index contributed by atoms with van der Waals surface area (Å²) in [5, 5.41) is 2.74. The van der Waals surface area contributed by atoms with Crippen molar-refractivity contribution in [2.24, 2.45) is 4.99 Å². The van der Waals surface area contributed by atoms with E-state index in [0.717, 1.165) is 27.7 Å². The number of carbonyl (C=O) groups excluding carboxylic acids is 1. The lowest BCUT2D eigenvalue weighted by molar-refractivity contribution is -0.121. The molecule has 2 aromatic carbocycles. The summed E-state index contributed by atoms with van der Waals surface area (Å²) in [5.41, 5.74) is 1.96. The Bertz CT molecular complexity index is 865. The van der Waals surface area contributed by atoms with Crippen LogP contribution >= 0.6 is 23.4 Å². The normalized spacial score (nSPS) is 22.3. The van der Waals surface area contributed by atoms with E-state index in [0.29, 0.717) is 0 Å². The summed E-state index contributed by atoms with van der Waals surface area (Å²) >= 11 is 8.03. The summed E-state index contributed by atoms with van der Waals surface area (Å²) in [6.07, 6.45) is 0. The summed E-state index contributed by atoms with van der Waals surface area (Å²) < 4.78 is 5.17. The number of Topliss-reactive ketones (excluding diaryl/α,β-unsaturated/α-hetero) is 1. The maximum Gasteiger partial charge on any atom is 0.199 e. The zero-order valence-corrected chi connectivity index (χ0v) is 15.0. The minimum absolute atomic E-state index is 0.125. The van der Waals surface area contributed by atoms with E-state index >= 15 is 0 Å². The van der Waals surface area contributed by atoms with E-state index in [1.54, 1.807) is 7.11 Å².